The highest BCUT2D eigenvalue weighted by atomic mass is 19.1. The van der Waals surface area contributed by atoms with Crippen LogP contribution in [0.3, 0.4) is 0 Å². The van der Waals surface area contributed by atoms with Crippen LogP contribution in [-0.4, -0.2) is 20.2 Å². The summed E-state index contributed by atoms with van der Waals surface area (Å²) in [7, 11) is 0. The molecular formula is C15H9FN4. The molecule has 1 aromatic carbocycles. The Balaban J connectivity index is 1.95. The SMILES string of the molecule is C#Cc1ccc(-c2nc(-c3cccc(F)c3)n[nH]2)nc1. The van der Waals surface area contributed by atoms with E-state index >= 15 is 0 Å². The molecule has 2 aromatic heterocycles. The maximum atomic E-state index is 13.2. The number of benzene rings is 1. The van der Waals surface area contributed by atoms with Gasteiger partial charge in [0.25, 0.3) is 0 Å². The Morgan fingerprint density at radius 2 is 2.10 bits per heavy atom. The second-order valence-corrected chi connectivity index (χ2v) is 4.09. The summed E-state index contributed by atoms with van der Waals surface area (Å²) in [5.41, 5.74) is 1.92. The van der Waals surface area contributed by atoms with E-state index in [4.69, 9.17) is 6.42 Å². The van der Waals surface area contributed by atoms with Gasteiger partial charge in [-0.1, -0.05) is 18.1 Å². The zero-order valence-electron chi connectivity index (χ0n) is 10.3. The van der Waals surface area contributed by atoms with Crippen LogP contribution in [0.5, 0.6) is 0 Å². The highest BCUT2D eigenvalue weighted by Crippen LogP contribution is 2.19. The molecule has 0 spiro atoms. The maximum absolute atomic E-state index is 13.2. The first-order chi connectivity index (χ1) is 9.76. The van der Waals surface area contributed by atoms with Crippen molar-refractivity contribution in [2.24, 2.45) is 0 Å². The predicted molar refractivity (Wildman–Crippen MR) is 72.9 cm³/mol. The van der Waals surface area contributed by atoms with E-state index in [1.54, 1.807) is 30.5 Å². The van der Waals surface area contributed by atoms with Gasteiger partial charge in [-0.05, 0) is 24.3 Å². The zero-order chi connectivity index (χ0) is 13.9. The van der Waals surface area contributed by atoms with E-state index in [-0.39, 0.29) is 5.82 Å². The van der Waals surface area contributed by atoms with Gasteiger partial charge in [-0.15, -0.1) is 6.42 Å². The van der Waals surface area contributed by atoms with Gasteiger partial charge < -0.3 is 0 Å². The lowest BCUT2D eigenvalue weighted by atomic mass is 10.2. The van der Waals surface area contributed by atoms with E-state index in [9.17, 15) is 4.39 Å². The van der Waals surface area contributed by atoms with E-state index in [1.165, 1.54) is 12.1 Å². The summed E-state index contributed by atoms with van der Waals surface area (Å²) < 4.78 is 13.2. The monoisotopic (exact) mass is 264 g/mol. The lowest BCUT2D eigenvalue weighted by Crippen LogP contribution is -1.86. The van der Waals surface area contributed by atoms with Gasteiger partial charge in [-0.25, -0.2) is 9.37 Å². The zero-order valence-corrected chi connectivity index (χ0v) is 10.3. The van der Waals surface area contributed by atoms with Crippen LogP contribution in [0.1, 0.15) is 5.56 Å². The van der Waals surface area contributed by atoms with Crippen molar-refractivity contribution in [3.05, 3.63) is 54.0 Å². The molecule has 0 amide bonds. The summed E-state index contributed by atoms with van der Waals surface area (Å²) in [5.74, 6) is 3.09. The van der Waals surface area contributed by atoms with Crippen LogP contribution in [0.4, 0.5) is 4.39 Å². The lowest BCUT2D eigenvalue weighted by Gasteiger charge is -1.95. The molecule has 3 rings (SSSR count). The largest absolute Gasteiger partial charge is 0.257 e. The maximum Gasteiger partial charge on any atom is 0.181 e. The Labute approximate surface area is 114 Å². The number of halogens is 1. The van der Waals surface area contributed by atoms with Crippen molar-refractivity contribution < 1.29 is 4.39 Å². The van der Waals surface area contributed by atoms with Gasteiger partial charge in [0.2, 0.25) is 0 Å². The number of hydrogen-bond acceptors (Lipinski definition) is 3. The van der Waals surface area contributed by atoms with E-state index in [2.05, 4.69) is 26.1 Å². The number of aromatic amines is 1. The summed E-state index contributed by atoms with van der Waals surface area (Å²) in [6.07, 6.45) is 6.85. The molecule has 0 aliphatic rings. The molecule has 0 atom stereocenters. The third kappa shape index (κ3) is 2.27. The fourth-order valence-electron chi connectivity index (χ4n) is 1.75. The third-order valence-electron chi connectivity index (χ3n) is 2.74. The highest BCUT2D eigenvalue weighted by Gasteiger charge is 2.09. The van der Waals surface area contributed by atoms with Crippen LogP contribution < -0.4 is 0 Å². The van der Waals surface area contributed by atoms with Crippen molar-refractivity contribution in [3.63, 3.8) is 0 Å². The van der Waals surface area contributed by atoms with Crippen LogP contribution in [0.25, 0.3) is 22.9 Å². The molecule has 0 radical (unpaired) electrons. The summed E-state index contributed by atoms with van der Waals surface area (Å²) in [5, 5.41) is 6.84. The molecular weight excluding hydrogens is 255 g/mol. The minimum Gasteiger partial charge on any atom is -0.257 e. The van der Waals surface area contributed by atoms with Crippen LogP contribution in [0.15, 0.2) is 42.6 Å². The van der Waals surface area contributed by atoms with Crippen molar-refractivity contribution in [2.75, 3.05) is 0 Å². The van der Waals surface area contributed by atoms with Gasteiger partial charge in [0, 0.05) is 17.3 Å². The van der Waals surface area contributed by atoms with Gasteiger partial charge in [-0.3, -0.25) is 10.1 Å². The normalized spacial score (nSPS) is 10.2. The van der Waals surface area contributed by atoms with Crippen molar-refractivity contribution in [2.45, 2.75) is 0 Å². The van der Waals surface area contributed by atoms with Gasteiger partial charge in [0.05, 0.1) is 0 Å². The average Bonchev–Trinajstić information content (AvgIpc) is 2.97. The third-order valence-corrected chi connectivity index (χ3v) is 2.74. The molecule has 0 fully saturated rings. The predicted octanol–water partition coefficient (Wildman–Crippen LogP) is 2.65. The molecule has 0 saturated carbocycles. The van der Waals surface area contributed by atoms with Crippen molar-refractivity contribution in [3.8, 4) is 35.2 Å². The Kier molecular flexibility index (Phi) is 2.98. The molecule has 0 unspecified atom stereocenters. The molecule has 0 bridgehead atoms. The van der Waals surface area contributed by atoms with Crippen LogP contribution in [-0.2, 0) is 0 Å². The molecule has 96 valence electrons. The number of nitrogens with zero attached hydrogens (tertiary/aromatic N) is 3. The molecule has 20 heavy (non-hydrogen) atoms. The fourth-order valence-corrected chi connectivity index (χ4v) is 1.75. The first-order valence-electron chi connectivity index (χ1n) is 5.87. The summed E-state index contributed by atoms with van der Waals surface area (Å²) in [4.78, 5) is 8.49. The lowest BCUT2D eigenvalue weighted by molar-refractivity contribution is 0.628. The first kappa shape index (κ1) is 12.1. The molecule has 5 heteroatoms. The quantitative estimate of drug-likeness (QED) is 0.724. The Hall–Kier alpha value is -3.00. The number of pyridine rings is 1. The van der Waals surface area contributed by atoms with Gasteiger partial charge >= 0.3 is 0 Å². The van der Waals surface area contributed by atoms with Gasteiger partial charge in [-0.2, -0.15) is 5.10 Å². The fraction of sp³-hybridized carbons (Fsp3) is 0. The summed E-state index contributed by atoms with van der Waals surface area (Å²) >= 11 is 0. The summed E-state index contributed by atoms with van der Waals surface area (Å²) in [6, 6.07) is 9.63. The molecule has 0 saturated heterocycles. The van der Waals surface area contributed by atoms with Crippen molar-refractivity contribution in [1.82, 2.24) is 20.2 Å². The Bertz CT molecular complexity index is 784. The van der Waals surface area contributed by atoms with Crippen molar-refractivity contribution >= 4 is 0 Å². The second kappa shape index (κ2) is 4.94. The topological polar surface area (TPSA) is 54.5 Å². The molecule has 1 N–H and O–H groups in total. The molecule has 0 aliphatic carbocycles. The standard InChI is InChI=1S/C15H9FN4/c1-2-10-6-7-13(17-9-10)15-18-14(19-20-15)11-4-3-5-12(16)8-11/h1,3-9H,(H,18,19,20). The Morgan fingerprint density at radius 1 is 1.20 bits per heavy atom. The number of hydrogen-bond donors (Lipinski definition) is 1. The van der Waals surface area contributed by atoms with Crippen LogP contribution in [0, 0.1) is 18.2 Å². The number of aromatic nitrogens is 4. The van der Waals surface area contributed by atoms with E-state index in [1.807, 2.05) is 0 Å². The van der Waals surface area contributed by atoms with Gasteiger partial charge in [0.1, 0.15) is 11.5 Å². The number of nitrogens with one attached hydrogen (secondary N) is 1. The van der Waals surface area contributed by atoms with E-state index in [0.717, 1.165) is 0 Å². The minimum atomic E-state index is -0.328. The number of terminal acetylenes is 1. The van der Waals surface area contributed by atoms with Gasteiger partial charge in [0.15, 0.2) is 11.6 Å². The van der Waals surface area contributed by atoms with Crippen LogP contribution >= 0.6 is 0 Å². The minimum absolute atomic E-state index is 0.328. The molecule has 4 nitrogen and oxygen atoms in total. The second-order valence-electron chi connectivity index (χ2n) is 4.09. The molecule has 0 aliphatic heterocycles. The smallest absolute Gasteiger partial charge is 0.181 e. The number of H-pyrrole nitrogens is 1. The average molecular weight is 264 g/mol. The molecule has 2 heterocycles. The van der Waals surface area contributed by atoms with Crippen molar-refractivity contribution in [1.29, 1.82) is 0 Å². The van der Waals surface area contributed by atoms with E-state index in [0.29, 0.717) is 28.5 Å². The summed E-state index contributed by atoms with van der Waals surface area (Å²) in [6.45, 7) is 0. The number of rotatable bonds is 2. The first-order valence-corrected chi connectivity index (χ1v) is 5.87. The Morgan fingerprint density at radius 3 is 2.80 bits per heavy atom. The van der Waals surface area contributed by atoms with Crippen LogP contribution in [0.2, 0.25) is 0 Å². The van der Waals surface area contributed by atoms with E-state index < -0.39 is 0 Å². The molecule has 3 aromatic rings. The highest BCUT2D eigenvalue weighted by molar-refractivity contribution is 5.59.